The van der Waals surface area contributed by atoms with Crippen molar-refractivity contribution in [1.82, 2.24) is 10.6 Å². The molecular formula is C14H21BrIN3O. The Labute approximate surface area is 145 Å². The highest BCUT2D eigenvalue weighted by molar-refractivity contribution is 14.0. The Morgan fingerprint density at radius 1 is 1.35 bits per heavy atom. The molecule has 1 aliphatic rings. The van der Waals surface area contributed by atoms with Crippen molar-refractivity contribution in [3.63, 3.8) is 0 Å². The van der Waals surface area contributed by atoms with Crippen molar-refractivity contribution in [3.8, 4) is 5.75 Å². The van der Waals surface area contributed by atoms with Gasteiger partial charge in [0.25, 0.3) is 0 Å². The molecule has 0 atom stereocenters. The molecule has 1 aliphatic carbocycles. The van der Waals surface area contributed by atoms with Crippen LogP contribution in [0.3, 0.4) is 0 Å². The Hall–Kier alpha value is -0.500. The first-order valence-corrected chi connectivity index (χ1v) is 7.50. The van der Waals surface area contributed by atoms with Crippen molar-refractivity contribution in [1.29, 1.82) is 0 Å². The zero-order valence-electron chi connectivity index (χ0n) is 11.6. The van der Waals surface area contributed by atoms with Gasteiger partial charge < -0.3 is 15.4 Å². The third kappa shape index (κ3) is 6.78. The SMILES string of the molecule is CCNC(=NCCOc1ccc(Br)cc1)NC1CC1.I. The summed E-state index contributed by atoms with van der Waals surface area (Å²) in [5, 5.41) is 6.61. The second kappa shape index (κ2) is 9.44. The van der Waals surface area contributed by atoms with Gasteiger partial charge in [-0.3, -0.25) is 0 Å². The van der Waals surface area contributed by atoms with Gasteiger partial charge in [0.2, 0.25) is 0 Å². The standard InChI is InChI=1S/C14H20BrN3O.HI/c1-2-16-14(18-12-5-6-12)17-9-10-19-13-7-3-11(15)4-8-13;/h3-4,7-8,12H,2,5-6,9-10H2,1H3,(H2,16,17,18);1H. The molecule has 0 bridgehead atoms. The molecule has 112 valence electrons. The molecule has 1 aromatic carbocycles. The fraction of sp³-hybridized carbons (Fsp3) is 0.500. The molecule has 0 saturated heterocycles. The lowest BCUT2D eigenvalue weighted by molar-refractivity contribution is 0.328. The third-order valence-corrected chi connectivity index (χ3v) is 3.23. The normalized spacial score (nSPS) is 14.4. The maximum absolute atomic E-state index is 5.63. The lowest BCUT2D eigenvalue weighted by Crippen LogP contribution is -2.38. The molecule has 0 unspecified atom stereocenters. The van der Waals surface area contributed by atoms with Crippen LogP contribution in [-0.2, 0) is 0 Å². The van der Waals surface area contributed by atoms with E-state index in [-0.39, 0.29) is 24.0 Å². The molecule has 20 heavy (non-hydrogen) atoms. The zero-order valence-corrected chi connectivity index (χ0v) is 15.5. The van der Waals surface area contributed by atoms with E-state index >= 15 is 0 Å². The van der Waals surface area contributed by atoms with Crippen molar-refractivity contribution in [2.45, 2.75) is 25.8 Å². The second-order valence-electron chi connectivity index (χ2n) is 4.48. The van der Waals surface area contributed by atoms with Crippen LogP contribution in [0.1, 0.15) is 19.8 Å². The van der Waals surface area contributed by atoms with Crippen molar-refractivity contribution in [2.24, 2.45) is 4.99 Å². The summed E-state index contributed by atoms with van der Waals surface area (Å²) in [6.07, 6.45) is 2.50. The summed E-state index contributed by atoms with van der Waals surface area (Å²) in [5.41, 5.74) is 0. The Balaban J connectivity index is 0.00000200. The molecule has 4 nitrogen and oxygen atoms in total. The summed E-state index contributed by atoms with van der Waals surface area (Å²) in [7, 11) is 0. The first-order chi connectivity index (χ1) is 9.28. The molecule has 2 rings (SSSR count). The van der Waals surface area contributed by atoms with E-state index < -0.39 is 0 Å². The lowest BCUT2D eigenvalue weighted by Gasteiger charge is -2.10. The molecule has 6 heteroatoms. The van der Waals surface area contributed by atoms with Gasteiger partial charge in [0.15, 0.2) is 5.96 Å². The van der Waals surface area contributed by atoms with Crippen molar-refractivity contribution < 1.29 is 4.74 Å². The molecule has 0 radical (unpaired) electrons. The number of guanidine groups is 1. The lowest BCUT2D eigenvalue weighted by atomic mass is 10.3. The second-order valence-corrected chi connectivity index (χ2v) is 5.40. The van der Waals surface area contributed by atoms with Gasteiger partial charge in [-0.15, -0.1) is 24.0 Å². The minimum Gasteiger partial charge on any atom is -0.492 e. The quantitative estimate of drug-likeness (QED) is 0.301. The summed E-state index contributed by atoms with van der Waals surface area (Å²) in [4.78, 5) is 4.49. The molecule has 0 heterocycles. The number of benzene rings is 1. The highest BCUT2D eigenvalue weighted by Gasteiger charge is 2.21. The Morgan fingerprint density at radius 3 is 2.65 bits per heavy atom. The molecular weight excluding hydrogens is 433 g/mol. The number of nitrogens with zero attached hydrogens (tertiary/aromatic N) is 1. The van der Waals surface area contributed by atoms with Crippen LogP contribution in [0.4, 0.5) is 0 Å². The van der Waals surface area contributed by atoms with Gasteiger partial charge in [0.05, 0.1) is 6.54 Å². The monoisotopic (exact) mass is 453 g/mol. The van der Waals surface area contributed by atoms with Gasteiger partial charge in [-0.1, -0.05) is 15.9 Å². The van der Waals surface area contributed by atoms with Gasteiger partial charge in [-0.2, -0.15) is 0 Å². The summed E-state index contributed by atoms with van der Waals surface area (Å²) >= 11 is 3.40. The van der Waals surface area contributed by atoms with Gasteiger partial charge in [0, 0.05) is 17.1 Å². The number of rotatable bonds is 6. The smallest absolute Gasteiger partial charge is 0.191 e. The highest BCUT2D eigenvalue weighted by atomic mass is 127. The van der Waals surface area contributed by atoms with Gasteiger partial charge in [-0.05, 0) is 44.0 Å². The van der Waals surface area contributed by atoms with Crippen molar-refractivity contribution >= 4 is 45.9 Å². The van der Waals surface area contributed by atoms with Crippen LogP contribution in [0.2, 0.25) is 0 Å². The number of hydrogen-bond acceptors (Lipinski definition) is 2. The fourth-order valence-electron chi connectivity index (χ4n) is 1.59. The maximum Gasteiger partial charge on any atom is 0.191 e. The third-order valence-electron chi connectivity index (χ3n) is 2.71. The van der Waals surface area contributed by atoms with Crippen LogP contribution < -0.4 is 15.4 Å². The number of halogens is 2. The van der Waals surface area contributed by atoms with E-state index in [1.165, 1.54) is 12.8 Å². The number of hydrogen-bond donors (Lipinski definition) is 2. The molecule has 1 fully saturated rings. The maximum atomic E-state index is 5.63. The van der Waals surface area contributed by atoms with E-state index in [2.05, 4.69) is 38.5 Å². The molecule has 2 N–H and O–H groups in total. The fourth-order valence-corrected chi connectivity index (χ4v) is 1.86. The van der Waals surface area contributed by atoms with Crippen molar-refractivity contribution in [2.75, 3.05) is 19.7 Å². The topological polar surface area (TPSA) is 45.7 Å². The average Bonchev–Trinajstić information content (AvgIpc) is 3.21. The van der Waals surface area contributed by atoms with E-state index in [4.69, 9.17) is 4.74 Å². The van der Waals surface area contributed by atoms with Crippen LogP contribution in [0.5, 0.6) is 5.75 Å². The number of ether oxygens (including phenoxy) is 1. The molecule has 0 amide bonds. The van der Waals surface area contributed by atoms with E-state index in [1.807, 2.05) is 24.3 Å². The largest absolute Gasteiger partial charge is 0.492 e. The summed E-state index contributed by atoms with van der Waals surface area (Å²) < 4.78 is 6.68. The van der Waals surface area contributed by atoms with E-state index in [9.17, 15) is 0 Å². The first-order valence-electron chi connectivity index (χ1n) is 6.71. The summed E-state index contributed by atoms with van der Waals surface area (Å²) in [5.74, 6) is 1.77. The molecule has 0 aliphatic heterocycles. The van der Waals surface area contributed by atoms with Gasteiger partial charge >= 0.3 is 0 Å². The van der Waals surface area contributed by atoms with Crippen molar-refractivity contribution in [3.05, 3.63) is 28.7 Å². The summed E-state index contributed by atoms with van der Waals surface area (Å²) in [6.45, 7) is 4.19. The first kappa shape index (κ1) is 17.6. The molecule has 1 aromatic rings. The van der Waals surface area contributed by atoms with E-state index in [1.54, 1.807) is 0 Å². The average molecular weight is 454 g/mol. The Kier molecular flexibility index (Phi) is 8.28. The van der Waals surface area contributed by atoms with Crippen LogP contribution in [-0.4, -0.2) is 31.7 Å². The summed E-state index contributed by atoms with van der Waals surface area (Å²) in [6, 6.07) is 8.45. The van der Waals surface area contributed by atoms with Crippen LogP contribution in [0, 0.1) is 0 Å². The minimum absolute atomic E-state index is 0. The van der Waals surface area contributed by atoms with Gasteiger partial charge in [0.1, 0.15) is 12.4 Å². The molecule has 0 spiro atoms. The molecule has 0 aromatic heterocycles. The minimum atomic E-state index is 0. The van der Waals surface area contributed by atoms with Crippen LogP contribution >= 0.6 is 39.9 Å². The predicted octanol–water partition coefficient (Wildman–Crippen LogP) is 3.16. The number of aliphatic imine (C=N–C) groups is 1. The van der Waals surface area contributed by atoms with E-state index in [0.29, 0.717) is 19.2 Å². The highest BCUT2D eigenvalue weighted by Crippen LogP contribution is 2.18. The van der Waals surface area contributed by atoms with Gasteiger partial charge in [-0.25, -0.2) is 4.99 Å². The van der Waals surface area contributed by atoms with Crippen LogP contribution in [0.15, 0.2) is 33.7 Å². The zero-order chi connectivity index (χ0) is 13.5. The predicted molar refractivity (Wildman–Crippen MR) is 97.2 cm³/mol. The Morgan fingerprint density at radius 2 is 2.05 bits per heavy atom. The number of nitrogens with one attached hydrogen (secondary N) is 2. The van der Waals surface area contributed by atoms with Crippen LogP contribution in [0.25, 0.3) is 0 Å². The Bertz CT molecular complexity index is 421. The van der Waals surface area contributed by atoms with E-state index in [0.717, 1.165) is 22.7 Å². The molecule has 1 saturated carbocycles.